The van der Waals surface area contributed by atoms with E-state index in [-0.39, 0.29) is 11.3 Å². The van der Waals surface area contributed by atoms with Crippen LogP contribution < -0.4 is 10.1 Å². The standard InChI is InChI=1S/C11H15ClN2O3/c1-16-7-8(12)5-14-11(15)9-3-4-13-6-10(9)17-2/h3-4,6,8H,5,7H2,1-2H3,(H,14,15). The SMILES string of the molecule is COCC(Cl)CNC(=O)c1ccncc1OC. The third-order valence-corrected chi connectivity index (χ3v) is 2.36. The number of aromatic nitrogens is 1. The van der Waals surface area contributed by atoms with Gasteiger partial charge >= 0.3 is 0 Å². The minimum absolute atomic E-state index is 0.244. The molecule has 1 rings (SSSR count). The fourth-order valence-electron chi connectivity index (χ4n) is 1.27. The lowest BCUT2D eigenvalue weighted by molar-refractivity contribution is 0.0946. The van der Waals surface area contributed by atoms with Crippen LogP contribution in [0.5, 0.6) is 5.75 Å². The summed E-state index contributed by atoms with van der Waals surface area (Å²) in [6.45, 7) is 0.717. The van der Waals surface area contributed by atoms with Crippen LogP contribution >= 0.6 is 11.6 Å². The molecule has 5 nitrogen and oxygen atoms in total. The summed E-state index contributed by atoms with van der Waals surface area (Å²) in [5.41, 5.74) is 0.434. The predicted octanol–water partition coefficient (Wildman–Crippen LogP) is 1.07. The lowest BCUT2D eigenvalue weighted by atomic mass is 10.2. The smallest absolute Gasteiger partial charge is 0.255 e. The molecule has 94 valence electrons. The van der Waals surface area contributed by atoms with Gasteiger partial charge in [0.1, 0.15) is 5.75 Å². The van der Waals surface area contributed by atoms with Crippen molar-refractivity contribution in [3.05, 3.63) is 24.0 Å². The molecular formula is C11H15ClN2O3. The molecule has 1 heterocycles. The van der Waals surface area contributed by atoms with Gasteiger partial charge in [0.15, 0.2) is 0 Å². The number of ether oxygens (including phenoxy) is 2. The largest absolute Gasteiger partial charge is 0.494 e. The van der Waals surface area contributed by atoms with Crippen LogP contribution in [0.4, 0.5) is 0 Å². The summed E-state index contributed by atoms with van der Waals surface area (Å²) in [6.07, 6.45) is 3.02. The molecular weight excluding hydrogens is 244 g/mol. The zero-order chi connectivity index (χ0) is 12.7. The molecule has 1 aromatic heterocycles. The molecule has 0 saturated carbocycles. The fourth-order valence-corrected chi connectivity index (χ4v) is 1.47. The molecule has 0 saturated heterocycles. The van der Waals surface area contributed by atoms with Crippen LogP contribution in [-0.4, -0.2) is 43.6 Å². The molecule has 0 aliphatic carbocycles. The van der Waals surface area contributed by atoms with Crippen molar-refractivity contribution in [2.45, 2.75) is 5.38 Å². The van der Waals surface area contributed by atoms with E-state index in [1.165, 1.54) is 19.5 Å². The van der Waals surface area contributed by atoms with E-state index in [4.69, 9.17) is 21.1 Å². The van der Waals surface area contributed by atoms with Crippen molar-refractivity contribution in [2.75, 3.05) is 27.4 Å². The molecule has 0 spiro atoms. The third-order valence-electron chi connectivity index (χ3n) is 2.08. The maximum absolute atomic E-state index is 11.8. The number of nitrogens with zero attached hydrogens (tertiary/aromatic N) is 1. The van der Waals surface area contributed by atoms with Crippen molar-refractivity contribution in [2.24, 2.45) is 0 Å². The van der Waals surface area contributed by atoms with E-state index in [0.717, 1.165) is 0 Å². The molecule has 1 unspecified atom stereocenters. The van der Waals surface area contributed by atoms with E-state index in [2.05, 4.69) is 10.3 Å². The van der Waals surface area contributed by atoms with E-state index in [1.54, 1.807) is 13.2 Å². The van der Waals surface area contributed by atoms with Gasteiger partial charge in [0.25, 0.3) is 5.91 Å². The van der Waals surface area contributed by atoms with Gasteiger partial charge in [0.05, 0.1) is 30.9 Å². The lowest BCUT2D eigenvalue weighted by Crippen LogP contribution is -2.31. The Bertz CT molecular complexity index is 373. The molecule has 0 fully saturated rings. The number of nitrogens with one attached hydrogen (secondary N) is 1. The highest BCUT2D eigenvalue weighted by Gasteiger charge is 2.13. The molecule has 1 amide bonds. The highest BCUT2D eigenvalue weighted by Crippen LogP contribution is 2.15. The Morgan fingerprint density at radius 1 is 1.59 bits per heavy atom. The number of amides is 1. The van der Waals surface area contributed by atoms with Gasteiger partial charge in [-0.2, -0.15) is 0 Å². The minimum atomic E-state index is -0.253. The molecule has 0 radical (unpaired) electrons. The van der Waals surface area contributed by atoms with Gasteiger partial charge in [0, 0.05) is 19.9 Å². The quantitative estimate of drug-likeness (QED) is 0.776. The number of hydrogen-bond acceptors (Lipinski definition) is 4. The van der Waals surface area contributed by atoms with Gasteiger partial charge in [-0.1, -0.05) is 0 Å². The summed E-state index contributed by atoms with van der Waals surface area (Å²) in [5, 5.41) is 2.45. The molecule has 1 aromatic rings. The van der Waals surface area contributed by atoms with Crippen molar-refractivity contribution in [1.82, 2.24) is 10.3 Å². The number of halogens is 1. The van der Waals surface area contributed by atoms with E-state index < -0.39 is 0 Å². The Morgan fingerprint density at radius 2 is 2.35 bits per heavy atom. The number of rotatable bonds is 6. The second-order valence-electron chi connectivity index (χ2n) is 3.34. The average Bonchev–Trinajstić information content (AvgIpc) is 2.36. The van der Waals surface area contributed by atoms with Gasteiger partial charge < -0.3 is 14.8 Å². The third kappa shape index (κ3) is 4.20. The monoisotopic (exact) mass is 258 g/mol. The first-order valence-electron chi connectivity index (χ1n) is 5.08. The second kappa shape index (κ2) is 7.09. The van der Waals surface area contributed by atoms with Crippen molar-refractivity contribution >= 4 is 17.5 Å². The van der Waals surface area contributed by atoms with E-state index >= 15 is 0 Å². The summed E-state index contributed by atoms with van der Waals surface area (Å²) < 4.78 is 9.91. The normalized spacial score (nSPS) is 11.9. The van der Waals surface area contributed by atoms with Crippen LogP contribution in [-0.2, 0) is 4.74 Å². The van der Waals surface area contributed by atoms with Crippen LogP contribution in [0.25, 0.3) is 0 Å². The first-order chi connectivity index (χ1) is 8.19. The highest BCUT2D eigenvalue weighted by molar-refractivity contribution is 6.21. The fraction of sp³-hybridized carbons (Fsp3) is 0.455. The van der Waals surface area contributed by atoms with Crippen molar-refractivity contribution in [1.29, 1.82) is 0 Å². The maximum atomic E-state index is 11.8. The molecule has 0 aromatic carbocycles. The van der Waals surface area contributed by atoms with E-state index in [9.17, 15) is 4.79 Å². The zero-order valence-electron chi connectivity index (χ0n) is 9.77. The van der Waals surface area contributed by atoms with Crippen LogP contribution in [0.3, 0.4) is 0 Å². The van der Waals surface area contributed by atoms with Crippen molar-refractivity contribution in [3.8, 4) is 5.75 Å². The maximum Gasteiger partial charge on any atom is 0.255 e. The summed E-state index contributed by atoms with van der Waals surface area (Å²) in [7, 11) is 3.05. The minimum Gasteiger partial charge on any atom is -0.494 e. The summed E-state index contributed by atoms with van der Waals surface area (Å²) >= 11 is 5.90. The van der Waals surface area contributed by atoms with Gasteiger partial charge in [0.2, 0.25) is 0 Å². The molecule has 6 heteroatoms. The molecule has 0 aliphatic rings. The van der Waals surface area contributed by atoms with Crippen molar-refractivity contribution < 1.29 is 14.3 Å². The topological polar surface area (TPSA) is 60.5 Å². The Labute approximate surface area is 105 Å². The van der Waals surface area contributed by atoms with Crippen LogP contribution in [0.1, 0.15) is 10.4 Å². The van der Waals surface area contributed by atoms with Crippen LogP contribution in [0.15, 0.2) is 18.5 Å². The van der Waals surface area contributed by atoms with Gasteiger partial charge in [-0.05, 0) is 6.07 Å². The number of methoxy groups -OCH3 is 2. The Hall–Kier alpha value is -1.33. The number of pyridine rings is 1. The van der Waals surface area contributed by atoms with Crippen molar-refractivity contribution in [3.63, 3.8) is 0 Å². The first-order valence-corrected chi connectivity index (χ1v) is 5.52. The number of alkyl halides is 1. The average molecular weight is 259 g/mol. The Balaban J connectivity index is 2.58. The van der Waals surface area contributed by atoms with E-state index in [1.807, 2.05) is 0 Å². The molecule has 17 heavy (non-hydrogen) atoms. The van der Waals surface area contributed by atoms with Gasteiger partial charge in [-0.15, -0.1) is 11.6 Å². The summed E-state index contributed by atoms with van der Waals surface area (Å²) in [6, 6.07) is 1.59. The van der Waals surface area contributed by atoms with Crippen LogP contribution in [0.2, 0.25) is 0 Å². The number of hydrogen-bond donors (Lipinski definition) is 1. The zero-order valence-corrected chi connectivity index (χ0v) is 10.5. The summed E-state index contributed by atoms with van der Waals surface area (Å²) in [4.78, 5) is 15.7. The Kier molecular flexibility index (Phi) is 5.72. The van der Waals surface area contributed by atoms with E-state index in [0.29, 0.717) is 24.5 Å². The Morgan fingerprint density at radius 3 is 3.00 bits per heavy atom. The summed E-state index contributed by atoms with van der Waals surface area (Å²) in [5.74, 6) is 0.189. The molecule has 0 aliphatic heterocycles. The lowest BCUT2D eigenvalue weighted by Gasteiger charge is -2.11. The van der Waals surface area contributed by atoms with Crippen LogP contribution in [0, 0.1) is 0 Å². The molecule has 1 N–H and O–H groups in total. The molecule has 0 bridgehead atoms. The number of carbonyl (C=O) groups is 1. The second-order valence-corrected chi connectivity index (χ2v) is 3.96. The predicted molar refractivity (Wildman–Crippen MR) is 64.6 cm³/mol. The van der Waals surface area contributed by atoms with Gasteiger partial charge in [-0.3, -0.25) is 9.78 Å². The first kappa shape index (κ1) is 13.7. The highest BCUT2D eigenvalue weighted by atomic mass is 35.5. The number of carbonyl (C=O) groups excluding carboxylic acids is 1. The van der Waals surface area contributed by atoms with Gasteiger partial charge in [-0.25, -0.2) is 0 Å². The molecule has 1 atom stereocenters.